The van der Waals surface area contributed by atoms with Gasteiger partial charge in [0.05, 0.1) is 23.5 Å². The Labute approximate surface area is 305 Å². The van der Waals surface area contributed by atoms with Crippen LogP contribution in [-0.4, -0.2) is 87.3 Å². The van der Waals surface area contributed by atoms with Gasteiger partial charge in [0.15, 0.2) is 0 Å². The first-order valence-electron chi connectivity index (χ1n) is 16.8. The van der Waals surface area contributed by atoms with E-state index < -0.39 is 48.9 Å². The van der Waals surface area contributed by atoms with Gasteiger partial charge < -0.3 is 31.5 Å². The summed E-state index contributed by atoms with van der Waals surface area (Å²) < 4.78 is 12.7. The predicted molar refractivity (Wildman–Crippen MR) is 203 cm³/mol. The molecule has 15 heteroatoms. The van der Waals surface area contributed by atoms with Crippen LogP contribution in [0, 0.1) is 0 Å². The van der Waals surface area contributed by atoms with Gasteiger partial charge in [-0.1, -0.05) is 67.1 Å². The van der Waals surface area contributed by atoms with Crippen molar-refractivity contribution in [2.75, 3.05) is 30.9 Å². The Morgan fingerprint density at radius 1 is 1.02 bits per heavy atom. The molecule has 1 saturated heterocycles. The van der Waals surface area contributed by atoms with Crippen LogP contribution in [0.15, 0.2) is 72.1 Å². The number of rotatable bonds is 16. The molecule has 1 fully saturated rings. The number of fused-ring (bicyclic) bond motifs is 2. The first-order chi connectivity index (χ1) is 24.4. The predicted octanol–water partition coefficient (Wildman–Crippen LogP) is 3.69. The third-order valence-corrected chi connectivity index (χ3v) is 12.7. The molecule has 2 heterocycles. The number of thiophene rings is 1. The zero-order chi connectivity index (χ0) is 36.5. The minimum Gasteiger partial charge on any atom is -0.369 e. The van der Waals surface area contributed by atoms with Crippen LogP contribution in [-0.2, 0) is 30.2 Å². The van der Waals surface area contributed by atoms with E-state index in [1.165, 1.54) is 6.92 Å². The number of likely N-dealkylation sites (tertiary alicyclic amines) is 1. The van der Waals surface area contributed by atoms with Crippen molar-refractivity contribution >= 4 is 75.2 Å². The summed E-state index contributed by atoms with van der Waals surface area (Å²) in [4.78, 5) is 73.2. The first kappa shape index (κ1) is 38.5. The molecule has 7 N–H and O–H groups in total. The number of nitrogens with two attached hydrogens (primary N) is 1. The van der Waals surface area contributed by atoms with Gasteiger partial charge in [-0.2, -0.15) is 0 Å². The second-order valence-electron chi connectivity index (χ2n) is 12.9. The normalized spacial score (nSPS) is 17.0. The highest BCUT2D eigenvalue weighted by molar-refractivity contribution is 8.04. The number of piperidine rings is 1. The van der Waals surface area contributed by atoms with Crippen molar-refractivity contribution in [3.8, 4) is 0 Å². The molecule has 51 heavy (non-hydrogen) atoms. The number of nitrogens with one attached hydrogen (secondary N) is 3. The Hall–Kier alpha value is -3.78. The van der Waals surface area contributed by atoms with E-state index in [1.807, 2.05) is 77.0 Å². The van der Waals surface area contributed by atoms with Gasteiger partial charge in [-0.05, 0) is 58.1 Å². The fourth-order valence-corrected chi connectivity index (χ4v) is 9.36. The number of nitrogens with zero attached hydrogens (tertiary/aromatic N) is 1. The zero-order valence-corrected chi connectivity index (χ0v) is 30.9. The molecule has 0 radical (unpaired) electrons. The third-order valence-electron chi connectivity index (χ3n) is 8.98. The molecular formula is C36H44N5O7PS2. The largest absolute Gasteiger partial charge is 0.369 e. The number of carbonyl (C=O) groups excluding carboxylic acids is 4. The molecule has 4 unspecified atom stereocenters. The van der Waals surface area contributed by atoms with Crippen LogP contribution < -0.4 is 21.7 Å². The number of hydrogen-bond donors (Lipinski definition) is 6. The molecule has 0 bridgehead atoms. The van der Waals surface area contributed by atoms with Gasteiger partial charge in [0.25, 0.3) is 0 Å². The molecule has 4 aromatic rings. The van der Waals surface area contributed by atoms with Gasteiger partial charge in [-0.3, -0.25) is 28.6 Å². The van der Waals surface area contributed by atoms with E-state index in [-0.39, 0.29) is 37.1 Å². The smallest absolute Gasteiger partial charge is 0.335 e. The Bertz CT molecular complexity index is 1920. The summed E-state index contributed by atoms with van der Waals surface area (Å²) in [5.74, 6) is -2.19. The standard InChI is InChI=1S/C36H44N5O7PS2/c1-23(42)39-31(17-27-20-51-33-12-5-4-10-29(27)33)35(44)40-28(21-50-22-49(46,47)48)19-41-15-7-6-11-32(41)36(45)38-18-30(34(37)43)26-14-13-24-8-2-3-9-25(24)16-26/h2-5,8-10,12-14,16,20,28,30-32H,6-7,11,15,17-19,21-22H2,1H3,(H2,37,43)(H,38,45)(H,39,42)(H,40,44)(H2,46,47,48). The van der Waals surface area contributed by atoms with Gasteiger partial charge in [-0.15, -0.1) is 23.1 Å². The number of amides is 4. The summed E-state index contributed by atoms with van der Waals surface area (Å²) in [5.41, 5.74) is 6.99. The number of hydrogen-bond acceptors (Lipinski definition) is 8. The van der Waals surface area contributed by atoms with Gasteiger partial charge in [0.1, 0.15) is 6.04 Å². The zero-order valence-electron chi connectivity index (χ0n) is 28.3. The van der Waals surface area contributed by atoms with Crippen molar-refractivity contribution in [2.24, 2.45) is 5.73 Å². The number of primary amides is 1. The molecule has 12 nitrogen and oxygen atoms in total. The van der Waals surface area contributed by atoms with E-state index in [0.717, 1.165) is 51.0 Å². The lowest BCUT2D eigenvalue weighted by Crippen LogP contribution is -2.57. The molecule has 0 aliphatic carbocycles. The highest BCUT2D eigenvalue weighted by atomic mass is 32.2. The summed E-state index contributed by atoms with van der Waals surface area (Å²) in [6, 6.07) is 19.2. The van der Waals surface area contributed by atoms with Gasteiger partial charge in [0.2, 0.25) is 23.6 Å². The molecular weight excluding hydrogens is 710 g/mol. The van der Waals surface area contributed by atoms with Gasteiger partial charge >= 0.3 is 7.60 Å². The van der Waals surface area contributed by atoms with Crippen LogP contribution in [0.3, 0.4) is 0 Å². The molecule has 4 amide bonds. The van der Waals surface area contributed by atoms with Crippen LogP contribution in [0.25, 0.3) is 20.9 Å². The Morgan fingerprint density at radius 3 is 2.51 bits per heavy atom. The maximum Gasteiger partial charge on any atom is 0.335 e. The second kappa shape index (κ2) is 17.6. The summed E-state index contributed by atoms with van der Waals surface area (Å²) in [7, 11) is -4.31. The lowest BCUT2D eigenvalue weighted by atomic mass is 9.95. The number of benzene rings is 3. The average molecular weight is 754 g/mol. The summed E-state index contributed by atoms with van der Waals surface area (Å²) in [5, 5.41) is 13.7. The fraction of sp³-hybridized carbons (Fsp3) is 0.389. The highest BCUT2D eigenvalue weighted by Gasteiger charge is 2.33. The van der Waals surface area contributed by atoms with Crippen LogP contribution in [0.2, 0.25) is 0 Å². The minimum absolute atomic E-state index is 0.0187. The van der Waals surface area contributed by atoms with Gasteiger partial charge in [0, 0.05) is 36.9 Å². The van der Waals surface area contributed by atoms with Crippen molar-refractivity contribution in [2.45, 2.75) is 56.7 Å². The summed E-state index contributed by atoms with van der Waals surface area (Å²) >= 11 is 2.57. The first-order valence-corrected chi connectivity index (χ1v) is 20.7. The monoisotopic (exact) mass is 753 g/mol. The topological polar surface area (TPSA) is 191 Å². The lowest BCUT2D eigenvalue weighted by Gasteiger charge is -2.37. The molecule has 3 aromatic carbocycles. The Kier molecular flexibility index (Phi) is 13.3. The number of thioether (sulfide) groups is 1. The SMILES string of the molecule is CC(=O)NC(Cc1csc2ccccc12)C(=O)NC(CSCP(=O)(O)O)CN1CCCCC1C(=O)NCC(C(N)=O)c1ccc2ccccc2c1. The van der Waals surface area contributed by atoms with Crippen molar-refractivity contribution < 1.29 is 33.5 Å². The number of carbonyl (C=O) groups is 4. The summed E-state index contributed by atoms with van der Waals surface area (Å²) in [6.45, 7) is 2.16. The van der Waals surface area contributed by atoms with Crippen LogP contribution in [0.1, 0.15) is 43.2 Å². The molecule has 272 valence electrons. The minimum atomic E-state index is -4.31. The fourth-order valence-electron chi connectivity index (χ4n) is 6.54. The second-order valence-corrected chi connectivity index (χ2v) is 16.9. The van der Waals surface area contributed by atoms with E-state index in [9.17, 15) is 33.5 Å². The van der Waals surface area contributed by atoms with E-state index >= 15 is 0 Å². The molecule has 4 atom stereocenters. The van der Waals surface area contributed by atoms with E-state index in [4.69, 9.17) is 5.73 Å². The highest BCUT2D eigenvalue weighted by Crippen LogP contribution is 2.38. The molecule has 1 aliphatic heterocycles. The van der Waals surface area contributed by atoms with Crippen LogP contribution in [0.5, 0.6) is 0 Å². The average Bonchev–Trinajstić information content (AvgIpc) is 3.49. The quantitative estimate of drug-likeness (QED) is 0.0927. The van der Waals surface area contributed by atoms with E-state index in [0.29, 0.717) is 18.5 Å². The molecule has 1 aliphatic rings. The maximum absolute atomic E-state index is 13.8. The molecule has 0 saturated carbocycles. The van der Waals surface area contributed by atoms with E-state index in [1.54, 1.807) is 11.3 Å². The van der Waals surface area contributed by atoms with E-state index in [2.05, 4.69) is 16.0 Å². The summed E-state index contributed by atoms with van der Waals surface area (Å²) in [6.07, 6.45) is 2.44. The van der Waals surface area contributed by atoms with Crippen molar-refractivity contribution in [3.63, 3.8) is 0 Å². The molecule has 0 spiro atoms. The van der Waals surface area contributed by atoms with Crippen molar-refractivity contribution in [3.05, 3.63) is 83.2 Å². The lowest BCUT2D eigenvalue weighted by molar-refractivity contribution is -0.129. The molecule has 1 aromatic heterocycles. The van der Waals surface area contributed by atoms with Crippen molar-refractivity contribution in [1.29, 1.82) is 0 Å². The maximum atomic E-state index is 13.8. The van der Waals surface area contributed by atoms with Crippen molar-refractivity contribution in [1.82, 2.24) is 20.9 Å². The van der Waals surface area contributed by atoms with Gasteiger partial charge in [-0.25, -0.2) is 0 Å². The Balaban J connectivity index is 1.29. The third kappa shape index (κ3) is 10.9. The van der Waals surface area contributed by atoms with Crippen LogP contribution in [0.4, 0.5) is 0 Å². The van der Waals surface area contributed by atoms with Crippen LogP contribution >= 0.6 is 30.7 Å². The molecule has 5 rings (SSSR count). The Morgan fingerprint density at radius 2 is 1.76 bits per heavy atom.